The van der Waals surface area contributed by atoms with Crippen molar-refractivity contribution in [2.45, 2.75) is 38.2 Å². The second-order valence-electron chi connectivity index (χ2n) is 6.13. The summed E-state index contributed by atoms with van der Waals surface area (Å²) in [4.78, 5) is 12.2. The van der Waals surface area contributed by atoms with Gasteiger partial charge >= 0.3 is 0 Å². The van der Waals surface area contributed by atoms with E-state index in [-0.39, 0.29) is 17.6 Å². The number of ketones is 1. The van der Waals surface area contributed by atoms with Crippen LogP contribution in [0.5, 0.6) is 11.5 Å². The number of aryl methyl sites for hydroxylation is 2. The molecule has 134 valence electrons. The molecule has 0 aromatic heterocycles. The molecule has 0 saturated carbocycles. The Morgan fingerprint density at radius 2 is 1.80 bits per heavy atom. The van der Waals surface area contributed by atoms with Crippen LogP contribution >= 0.6 is 0 Å². The van der Waals surface area contributed by atoms with Crippen molar-refractivity contribution in [3.63, 3.8) is 0 Å². The minimum absolute atomic E-state index is 0.0944. The Labute approximate surface area is 149 Å². The maximum absolute atomic E-state index is 12.2. The summed E-state index contributed by atoms with van der Waals surface area (Å²) in [7, 11) is 3.18. The molecule has 0 heterocycles. The molecule has 1 N–H and O–H groups in total. The highest BCUT2D eigenvalue weighted by molar-refractivity contribution is 5.79. The van der Waals surface area contributed by atoms with E-state index >= 15 is 0 Å². The van der Waals surface area contributed by atoms with Crippen molar-refractivity contribution in [2.24, 2.45) is 0 Å². The van der Waals surface area contributed by atoms with Gasteiger partial charge < -0.3 is 14.6 Å². The number of hydrogen-bond acceptors (Lipinski definition) is 4. The lowest BCUT2D eigenvalue weighted by Crippen LogP contribution is -2.17. The molecule has 0 aliphatic rings. The van der Waals surface area contributed by atoms with Crippen LogP contribution in [0.2, 0.25) is 0 Å². The molecule has 0 radical (unpaired) electrons. The Morgan fingerprint density at radius 3 is 2.48 bits per heavy atom. The van der Waals surface area contributed by atoms with E-state index in [1.807, 2.05) is 42.5 Å². The van der Waals surface area contributed by atoms with E-state index in [1.165, 1.54) is 12.7 Å². The van der Waals surface area contributed by atoms with Gasteiger partial charge in [0.15, 0.2) is 11.5 Å². The Bertz CT molecular complexity index is 667. The molecule has 4 heteroatoms. The SMILES string of the molecule is COc1cc(CCC(CC(=O)CCc2ccccc2)OC)ccc1O. The van der Waals surface area contributed by atoms with Crippen molar-refractivity contribution in [2.75, 3.05) is 14.2 Å². The summed E-state index contributed by atoms with van der Waals surface area (Å²) >= 11 is 0. The first-order chi connectivity index (χ1) is 12.1. The first-order valence-electron chi connectivity index (χ1n) is 8.56. The zero-order chi connectivity index (χ0) is 18.1. The van der Waals surface area contributed by atoms with E-state index in [0.29, 0.717) is 18.6 Å². The maximum atomic E-state index is 12.2. The Hall–Kier alpha value is -2.33. The van der Waals surface area contributed by atoms with Crippen LogP contribution in [0.1, 0.15) is 30.4 Å². The van der Waals surface area contributed by atoms with E-state index in [2.05, 4.69) is 0 Å². The van der Waals surface area contributed by atoms with Crippen molar-refractivity contribution in [3.8, 4) is 11.5 Å². The van der Waals surface area contributed by atoms with Crippen LogP contribution in [-0.4, -0.2) is 31.2 Å². The van der Waals surface area contributed by atoms with Gasteiger partial charge in [-0.1, -0.05) is 36.4 Å². The summed E-state index contributed by atoms with van der Waals surface area (Å²) in [6.07, 6.45) is 3.16. The van der Waals surface area contributed by atoms with E-state index in [0.717, 1.165) is 24.8 Å². The third kappa shape index (κ3) is 6.24. The quantitative estimate of drug-likeness (QED) is 0.710. The molecular formula is C21H26O4. The van der Waals surface area contributed by atoms with Crippen LogP contribution in [-0.2, 0) is 22.4 Å². The standard InChI is InChI=1S/C21H26O4/c1-24-19(12-9-17-10-13-20(23)21(14-17)25-2)15-18(22)11-8-16-6-4-3-5-7-16/h3-7,10,13-14,19,23H,8-9,11-12,15H2,1-2H3. The lowest BCUT2D eigenvalue weighted by molar-refractivity contribution is -0.121. The second-order valence-corrected chi connectivity index (χ2v) is 6.13. The summed E-state index contributed by atoms with van der Waals surface area (Å²) in [5.74, 6) is 0.815. The zero-order valence-electron chi connectivity index (χ0n) is 14.9. The van der Waals surface area contributed by atoms with Crippen LogP contribution in [0, 0.1) is 0 Å². The molecule has 25 heavy (non-hydrogen) atoms. The van der Waals surface area contributed by atoms with Gasteiger partial charge in [0.25, 0.3) is 0 Å². The average Bonchev–Trinajstić information content (AvgIpc) is 2.65. The highest BCUT2D eigenvalue weighted by Crippen LogP contribution is 2.27. The fourth-order valence-electron chi connectivity index (χ4n) is 2.79. The largest absolute Gasteiger partial charge is 0.504 e. The molecule has 2 rings (SSSR count). The summed E-state index contributed by atoms with van der Waals surface area (Å²) in [5.41, 5.74) is 2.23. The number of aromatic hydroxyl groups is 1. The van der Waals surface area contributed by atoms with E-state index in [9.17, 15) is 9.90 Å². The number of benzene rings is 2. The van der Waals surface area contributed by atoms with Crippen LogP contribution < -0.4 is 4.74 Å². The Kier molecular flexibility index (Phi) is 7.48. The molecule has 0 saturated heterocycles. The van der Waals surface area contributed by atoms with Gasteiger partial charge in [-0.3, -0.25) is 4.79 Å². The van der Waals surface area contributed by atoms with Gasteiger partial charge in [0.05, 0.1) is 13.2 Å². The van der Waals surface area contributed by atoms with Crippen molar-refractivity contribution in [1.29, 1.82) is 0 Å². The number of carbonyl (C=O) groups is 1. The lowest BCUT2D eigenvalue weighted by Gasteiger charge is -2.15. The third-order valence-corrected chi connectivity index (χ3v) is 4.32. The number of phenolic OH excluding ortho intramolecular Hbond substituents is 1. The van der Waals surface area contributed by atoms with Crippen LogP contribution in [0.25, 0.3) is 0 Å². The van der Waals surface area contributed by atoms with Gasteiger partial charge in [0.2, 0.25) is 0 Å². The Balaban J connectivity index is 1.80. The Morgan fingerprint density at radius 1 is 1.04 bits per heavy atom. The number of hydrogen-bond donors (Lipinski definition) is 1. The van der Waals surface area contributed by atoms with Gasteiger partial charge in [-0.2, -0.15) is 0 Å². The smallest absolute Gasteiger partial charge is 0.160 e. The predicted octanol–water partition coefficient (Wildman–Crippen LogP) is 3.94. The molecule has 1 atom stereocenters. The fraction of sp³-hybridized carbons (Fsp3) is 0.381. The number of rotatable bonds is 10. The van der Waals surface area contributed by atoms with Gasteiger partial charge in [0, 0.05) is 20.0 Å². The first kappa shape index (κ1) is 19.0. The van der Waals surface area contributed by atoms with Gasteiger partial charge in [-0.25, -0.2) is 0 Å². The minimum Gasteiger partial charge on any atom is -0.504 e. The van der Waals surface area contributed by atoms with E-state index < -0.39 is 0 Å². The first-order valence-corrected chi connectivity index (χ1v) is 8.56. The van der Waals surface area contributed by atoms with E-state index in [1.54, 1.807) is 13.2 Å². The average molecular weight is 342 g/mol. The molecule has 2 aromatic rings. The van der Waals surface area contributed by atoms with Crippen molar-refractivity contribution >= 4 is 5.78 Å². The maximum Gasteiger partial charge on any atom is 0.160 e. The van der Waals surface area contributed by atoms with E-state index in [4.69, 9.17) is 9.47 Å². The molecule has 0 amide bonds. The normalized spacial score (nSPS) is 11.9. The summed E-state index contributed by atoms with van der Waals surface area (Å²) in [6.45, 7) is 0. The second kappa shape index (κ2) is 9.84. The highest BCUT2D eigenvalue weighted by Gasteiger charge is 2.14. The number of phenols is 1. The summed E-state index contributed by atoms with van der Waals surface area (Å²) in [5, 5.41) is 9.64. The highest BCUT2D eigenvalue weighted by atomic mass is 16.5. The predicted molar refractivity (Wildman–Crippen MR) is 98.2 cm³/mol. The molecule has 0 aliphatic heterocycles. The van der Waals surface area contributed by atoms with Gasteiger partial charge in [-0.05, 0) is 42.5 Å². The van der Waals surface area contributed by atoms with Gasteiger partial charge in [0.1, 0.15) is 5.78 Å². The molecule has 0 aliphatic carbocycles. The molecule has 2 aromatic carbocycles. The van der Waals surface area contributed by atoms with Crippen LogP contribution in [0.4, 0.5) is 0 Å². The topological polar surface area (TPSA) is 55.8 Å². The summed E-state index contributed by atoms with van der Waals surface area (Å²) < 4.78 is 10.6. The molecule has 0 fully saturated rings. The fourth-order valence-corrected chi connectivity index (χ4v) is 2.79. The minimum atomic E-state index is -0.0944. The number of Topliss-reactive ketones (excluding diaryl/α,β-unsaturated/α-hetero) is 1. The lowest BCUT2D eigenvalue weighted by atomic mass is 10.00. The van der Waals surface area contributed by atoms with Crippen molar-refractivity contribution < 1.29 is 19.4 Å². The zero-order valence-corrected chi connectivity index (χ0v) is 14.9. The van der Waals surface area contributed by atoms with Crippen molar-refractivity contribution in [1.82, 2.24) is 0 Å². The number of methoxy groups -OCH3 is 2. The number of ether oxygens (including phenoxy) is 2. The van der Waals surface area contributed by atoms with Gasteiger partial charge in [-0.15, -0.1) is 0 Å². The summed E-state index contributed by atoms with van der Waals surface area (Å²) in [6, 6.07) is 15.3. The molecule has 4 nitrogen and oxygen atoms in total. The van der Waals surface area contributed by atoms with Crippen molar-refractivity contribution in [3.05, 3.63) is 59.7 Å². The van der Waals surface area contributed by atoms with Crippen LogP contribution in [0.15, 0.2) is 48.5 Å². The molecule has 0 spiro atoms. The molecular weight excluding hydrogens is 316 g/mol. The third-order valence-electron chi connectivity index (χ3n) is 4.32. The molecule has 1 unspecified atom stereocenters. The number of carbonyl (C=O) groups excluding carboxylic acids is 1. The van der Waals surface area contributed by atoms with Crippen LogP contribution in [0.3, 0.4) is 0 Å². The molecule has 0 bridgehead atoms. The monoisotopic (exact) mass is 342 g/mol.